The topological polar surface area (TPSA) is 45.2 Å². The molecule has 1 aliphatic heterocycles. The minimum absolute atomic E-state index is 0.0672. The van der Waals surface area contributed by atoms with E-state index in [0.29, 0.717) is 12.1 Å². The number of rotatable bonds is 4. The fraction of sp³-hybridized carbons (Fsp3) is 0.294. The molecule has 108 valence electrons. The Hall–Kier alpha value is -2.36. The van der Waals surface area contributed by atoms with E-state index in [1.165, 1.54) is 11.3 Å². The van der Waals surface area contributed by atoms with Crippen LogP contribution < -0.4 is 10.2 Å². The van der Waals surface area contributed by atoms with Gasteiger partial charge in [-0.2, -0.15) is 0 Å². The summed E-state index contributed by atoms with van der Waals surface area (Å²) in [4.78, 5) is 18.4. The molecule has 4 nitrogen and oxygen atoms in total. The number of pyridine rings is 1. The van der Waals surface area contributed by atoms with Crippen LogP contribution in [0.2, 0.25) is 0 Å². The van der Waals surface area contributed by atoms with Gasteiger partial charge < -0.3 is 10.2 Å². The van der Waals surface area contributed by atoms with E-state index in [-0.39, 0.29) is 11.9 Å². The third-order valence-electron chi connectivity index (χ3n) is 3.94. The number of carbonyl (C=O) groups excluding carboxylic acids is 1. The molecular formula is C17H19N3O. The first-order valence-corrected chi connectivity index (χ1v) is 7.28. The summed E-state index contributed by atoms with van der Waals surface area (Å²) in [6.45, 7) is 3.79. The Morgan fingerprint density at radius 1 is 1.33 bits per heavy atom. The molecule has 4 heteroatoms. The Kier molecular flexibility index (Phi) is 3.86. The largest absolute Gasteiger partial charge is 0.366 e. The first-order chi connectivity index (χ1) is 10.3. The van der Waals surface area contributed by atoms with Crippen LogP contribution in [-0.4, -0.2) is 30.0 Å². The zero-order valence-electron chi connectivity index (χ0n) is 12.1. The molecule has 2 heterocycles. The number of aromatic nitrogens is 1. The summed E-state index contributed by atoms with van der Waals surface area (Å²) in [5.74, 6) is -0.0672. The summed E-state index contributed by atoms with van der Waals surface area (Å²) in [7, 11) is 0. The second-order valence-corrected chi connectivity index (χ2v) is 5.37. The average Bonchev–Trinajstić information content (AvgIpc) is 2.97. The van der Waals surface area contributed by atoms with Gasteiger partial charge in [-0.15, -0.1) is 0 Å². The molecule has 1 aromatic heterocycles. The molecule has 1 amide bonds. The number of benzene rings is 1. The molecule has 1 aliphatic rings. The maximum atomic E-state index is 12.0. The number of nitrogens with zero attached hydrogens (tertiary/aromatic N) is 2. The lowest BCUT2D eigenvalue weighted by Gasteiger charge is -2.27. The lowest BCUT2D eigenvalue weighted by Crippen LogP contribution is -2.41. The molecule has 0 saturated carbocycles. The highest BCUT2D eigenvalue weighted by Gasteiger charge is 2.23. The van der Waals surface area contributed by atoms with Gasteiger partial charge in [-0.05, 0) is 37.1 Å². The molecule has 0 unspecified atom stereocenters. The number of nitrogens with one attached hydrogen (secondary N) is 1. The van der Waals surface area contributed by atoms with Crippen LogP contribution in [0.3, 0.4) is 0 Å². The summed E-state index contributed by atoms with van der Waals surface area (Å²) in [5.41, 5.74) is 3.29. The van der Waals surface area contributed by atoms with Gasteiger partial charge in [0.25, 0.3) is 5.91 Å². The lowest BCUT2D eigenvalue weighted by atomic mass is 10.2. The molecule has 0 bridgehead atoms. The zero-order valence-corrected chi connectivity index (χ0v) is 12.1. The van der Waals surface area contributed by atoms with E-state index in [4.69, 9.17) is 0 Å². The van der Waals surface area contributed by atoms with Crippen LogP contribution in [-0.2, 0) is 6.42 Å². The summed E-state index contributed by atoms with van der Waals surface area (Å²) in [6.07, 6.45) is 4.34. The van der Waals surface area contributed by atoms with Gasteiger partial charge in [-0.1, -0.05) is 18.2 Å². The Morgan fingerprint density at radius 3 is 3.00 bits per heavy atom. The predicted molar refractivity (Wildman–Crippen MR) is 83.5 cm³/mol. The van der Waals surface area contributed by atoms with Gasteiger partial charge >= 0.3 is 0 Å². The second-order valence-electron chi connectivity index (χ2n) is 5.37. The molecule has 0 spiro atoms. The summed E-state index contributed by atoms with van der Waals surface area (Å²) < 4.78 is 0. The SMILES string of the molecule is C[C@@H](CNC(=O)c1cccnc1)N1CCc2ccccc21. The first kappa shape index (κ1) is 13.6. The Bertz CT molecular complexity index is 627. The monoisotopic (exact) mass is 281 g/mol. The first-order valence-electron chi connectivity index (χ1n) is 7.28. The smallest absolute Gasteiger partial charge is 0.252 e. The molecule has 1 aromatic carbocycles. The standard InChI is InChI=1S/C17H19N3O/c1-13(11-19-17(21)15-6-4-9-18-12-15)20-10-8-14-5-2-3-7-16(14)20/h2-7,9,12-13H,8,10-11H2,1H3,(H,19,21)/t13-/m0/s1. The van der Waals surface area contributed by atoms with Crippen molar-refractivity contribution < 1.29 is 4.79 Å². The molecule has 2 aromatic rings. The summed E-state index contributed by atoms with van der Waals surface area (Å²) in [5, 5.41) is 2.99. The van der Waals surface area contributed by atoms with E-state index in [0.717, 1.165) is 13.0 Å². The van der Waals surface area contributed by atoms with Gasteiger partial charge in [0, 0.05) is 37.2 Å². The van der Waals surface area contributed by atoms with Crippen LogP contribution >= 0.6 is 0 Å². The highest BCUT2D eigenvalue weighted by Crippen LogP contribution is 2.28. The van der Waals surface area contributed by atoms with Gasteiger partial charge in [0.2, 0.25) is 0 Å². The second kappa shape index (κ2) is 5.95. The zero-order chi connectivity index (χ0) is 14.7. The van der Waals surface area contributed by atoms with Crippen LogP contribution in [0.25, 0.3) is 0 Å². The van der Waals surface area contributed by atoms with Crippen molar-refractivity contribution in [1.82, 2.24) is 10.3 Å². The number of hydrogen-bond donors (Lipinski definition) is 1. The van der Waals surface area contributed by atoms with Crippen molar-refractivity contribution in [3.05, 3.63) is 59.9 Å². The highest BCUT2D eigenvalue weighted by atomic mass is 16.1. The van der Waals surface area contributed by atoms with E-state index in [1.807, 2.05) is 0 Å². The maximum absolute atomic E-state index is 12.0. The van der Waals surface area contributed by atoms with Crippen molar-refractivity contribution in [3.63, 3.8) is 0 Å². The molecule has 1 N–H and O–H groups in total. The number of carbonyl (C=O) groups is 1. The molecular weight excluding hydrogens is 262 g/mol. The molecule has 0 aliphatic carbocycles. The number of amides is 1. The van der Waals surface area contributed by atoms with Crippen molar-refractivity contribution in [2.24, 2.45) is 0 Å². The van der Waals surface area contributed by atoms with E-state index in [2.05, 4.69) is 46.4 Å². The van der Waals surface area contributed by atoms with E-state index >= 15 is 0 Å². The molecule has 0 radical (unpaired) electrons. The van der Waals surface area contributed by atoms with Crippen molar-refractivity contribution in [2.75, 3.05) is 18.0 Å². The average molecular weight is 281 g/mol. The third kappa shape index (κ3) is 2.89. The fourth-order valence-electron chi connectivity index (χ4n) is 2.77. The Balaban J connectivity index is 1.61. The van der Waals surface area contributed by atoms with Crippen LogP contribution in [0.15, 0.2) is 48.8 Å². The van der Waals surface area contributed by atoms with E-state index in [9.17, 15) is 4.79 Å². The van der Waals surface area contributed by atoms with Crippen molar-refractivity contribution in [2.45, 2.75) is 19.4 Å². The van der Waals surface area contributed by atoms with Crippen LogP contribution in [0, 0.1) is 0 Å². The van der Waals surface area contributed by atoms with Gasteiger partial charge in [0.15, 0.2) is 0 Å². The van der Waals surface area contributed by atoms with Gasteiger partial charge in [-0.3, -0.25) is 9.78 Å². The lowest BCUT2D eigenvalue weighted by molar-refractivity contribution is 0.0951. The predicted octanol–water partition coefficient (Wildman–Crippen LogP) is 2.26. The van der Waals surface area contributed by atoms with Crippen LogP contribution in [0.4, 0.5) is 5.69 Å². The molecule has 0 fully saturated rings. The summed E-state index contributed by atoms with van der Waals surface area (Å²) >= 11 is 0. The Morgan fingerprint density at radius 2 is 2.19 bits per heavy atom. The van der Waals surface area contributed by atoms with Crippen LogP contribution in [0.1, 0.15) is 22.8 Å². The number of fused-ring (bicyclic) bond motifs is 1. The van der Waals surface area contributed by atoms with Crippen molar-refractivity contribution >= 4 is 11.6 Å². The van der Waals surface area contributed by atoms with Gasteiger partial charge in [0.1, 0.15) is 0 Å². The third-order valence-corrected chi connectivity index (χ3v) is 3.94. The minimum atomic E-state index is -0.0672. The number of anilines is 1. The Labute approximate surface area is 124 Å². The molecule has 21 heavy (non-hydrogen) atoms. The summed E-state index contributed by atoms with van der Waals surface area (Å²) in [6, 6.07) is 12.3. The quantitative estimate of drug-likeness (QED) is 0.935. The van der Waals surface area contributed by atoms with Crippen molar-refractivity contribution in [3.8, 4) is 0 Å². The maximum Gasteiger partial charge on any atom is 0.252 e. The normalized spacial score (nSPS) is 14.6. The number of hydrogen-bond acceptors (Lipinski definition) is 3. The van der Waals surface area contributed by atoms with E-state index < -0.39 is 0 Å². The van der Waals surface area contributed by atoms with Gasteiger partial charge in [-0.25, -0.2) is 0 Å². The minimum Gasteiger partial charge on any atom is -0.366 e. The fourth-order valence-corrected chi connectivity index (χ4v) is 2.77. The van der Waals surface area contributed by atoms with Crippen LogP contribution in [0.5, 0.6) is 0 Å². The molecule has 0 saturated heterocycles. The highest BCUT2D eigenvalue weighted by molar-refractivity contribution is 5.93. The van der Waals surface area contributed by atoms with E-state index in [1.54, 1.807) is 24.5 Å². The van der Waals surface area contributed by atoms with Gasteiger partial charge in [0.05, 0.1) is 5.56 Å². The molecule has 1 atom stereocenters. The van der Waals surface area contributed by atoms with Crippen molar-refractivity contribution in [1.29, 1.82) is 0 Å². The number of para-hydroxylation sites is 1. The molecule has 3 rings (SSSR count).